The Morgan fingerprint density at radius 2 is 1.94 bits per heavy atom. The van der Waals surface area contributed by atoms with Crippen LogP contribution in [0.3, 0.4) is 0 Å². The summed E-state index contributed by atoms with van der Waals surface area (Å²) in [5.41, 5.74) is 0.856. The van der Waals surface area contributed by atoms with Crippen molar-refractivity contribution in [2.24, 2.45) is 0 Å². The Bertz CT molecular complexity index is 394. The predicted molar refractivity (Wildman–Crippen MR) is 63.6 cm³/mol. The molecule has 0 fully saturated rings. The minimum atomic E-state index is -0.350. The molecule has 0 aromatic heterocycles. The molecule has 3 heteroatoms. The molecule has 1 aromatic rings. The molecule has 16 heavy (non-hydrogen) atoms. The lowest BCUT2D eigenvalue weighted by Crippen LogP contribution is -2.07. The number of rotatable bonds is 4. The lowest BCUT2D eigenvalue weighted by Gasteiger charge is -2.12. The molecular formula is C13H16O3. The highest BCUT2D eigenvalue weighted by Crippen LogP contribution is 2.24. The van der Waals surface area contributed by atoms with E-state index in [2.05, 4.69) is 6.58 Å². The highest BCUT2D eigenvalue weighted by atomic mass is 16.5. The van der Waals surface area contributed by atoms with E-state index >= 15 is 0 Å². The normalized spacial score (nSPS) is 10.0. The monoisotopic (exact) mass is 220 g/mol. The van der Waals surface area contributed by atoms with Crippen molar-refractivity contribution in [1.29, 1.82) is 0 Å². The van der Waals surface area contributed by atoms with Gasteiger partial charge >= 0.3 is 5.97 Å². The van der Waals surface area contributed by atoms with Gasteiger partial charge < -0.3 is 9.47 Å². The van der Waals surface area contributed by atoms with Crippen molar-refractivity contribution in [2.45, 2.75) is 26.9 Å². The zero-order valence-electron chi connectivity index (χ0n) is 9.82. The van der Waals surface area contributed by atoms with E-state index in [4.69, 9.17) is 9.47 Å². The van der Waals surface area contributed by atoms with Gasteiger partial charge in [0.15, 0.2) is 0 Å². The van der Waals surface area contributed by atoms with Crippen molar-refractivity contribution in [3.05, 3.63) is 30.3 Å². The summed E-state index contributed by atoms with van der Waals surface area (Å²) in [6.45, 7) is 8.91. The molecule has 0 saturated carbocycles. The first-order valence-electron chi connectivity index (χ1n) is 5.14. The number of hydrogen-bond acceptors (Lipinski definition) is 3. The van der Waals surface area contributed by atoms with Crippen LogP contribution in [-0.2, 0) is 4.79 Å². The zero-order chi connectivity index (χ0) is 12.1. The van der Waals surface area contributed by atoms with E-state index < -0.39 is 0 Å². The molecule has 0 bridgehead atoms. The van der Waals surface area contributed by atoms with Crippen LogP contribution in [0, 0.1) is 0 Å². The van der Waals surface area contributed by atoms with Gasteiger partial charge in [0.1, 0.15) is 11.5 Å². The smallest absolute Gasteiger partial charge is 0.308 e. The van der Waals surface area contributed by atoms with Gasteiger partial charge in [-0.05, 0) is 31.5 Å². The van der Waals surface area contributed by atoms with Crippen molar-refractivity contribution in [2.75, 3.05) is 0 Å². The second-order valence-electron chi connectivity index (χ2n) is 3.70. The molecule has 0 amide bonds. The Labute approximate surface area is 95.7 Å². The van der Waals surface area contributed by atoms with Crippen molar-refractivity contribution in [1.82, 2.24) is 0 Å². The highest BCUT2D eigenvalue weighted by molar-refractivity contribution is 5.70. The summed E-state index contributed by atoms with van der Waals surface area (Å²) in [6.07, 6.45) is 1.76. The lowest BCUT2D eigenvalue weighted by molar-refractivity contribution is -0.131. The van der Waals surface area contributed by atoms with Crippen molar-refractivity contribution in [3.8, 4) is 11.5 Å². The Morgan fingerprint density at radius 3 is 2.44 bits per heavy atom. The average Bonchev–Trinajstić information content (AvgIpc) is 2.14. The molecule has 0 unspecified atom stereocenters. The Hall–Kier alpha value is -1.77. The number of benzene rings is 1. The SMILES string of the molecule is C=Cc1cc(OC(C)=O)cc(OC(C)C)c1. The van der Waals surface area contributed by atoms with Crippen LogP contribution in [0.1, 0.15) is 26.3 Å². The number of esters is 1. The van der Waals surface area contributed by atoms with Crippen LogP contribution in [0.5, 0.6) is 11.5 Å². The molecule has 0 spiro atoms. The molecule has 1 rings (SSSR count). The maximum atomic E-state index is 10.9. The van der Waals surface area contributed by atoms with Crippen molar-refractivity contribution in [3.63, 3.8) is 0 Å². The third kappa shape index (κ3) is 3.77. The van der Waals surface area contributed by atoms with Gasteiger partial charge in [-0.1, -0.05) is 12.7 Å². The van der Waals surface area contributed by atoms with Gasteiger partial charge in [-0.3, -0.25) is 4.79 Å². The molecule has 0 N–H and O–H groups in total. The van der Waals surface area contributed by atoms with Crippen LogP contribution in [-0.4, -0.2) is 12.1 Å². The van der Waals surface area contributed by atoms with Crippen LogP contribution in [0.15, 0.2) is 24.8 Å². The molecule has 3 nitrogen and oxygen atoms in total. The van der Waals surface area contributed by atoms with Crippen molar-refractivity contribution < 1.29 is 14.3 Å². The molecule has 0 aliphatic rings. The largest absolute Gasteiger partial charge is 0.491 e. The summed E-state index contributed by atoms with van der Waals surface area (Å²) >= 11 is 0. The minimum Gasteiger partial charge on any atom is -0.491 e. The lowest BCUT2D eigenvalue weighted by atomic mass is 10.2. The van der Waals surface area contributed by atoms with Gasteiger partial charge in [-0.25, -0.2) is 0 Å². The molecule has 0 aliphatic heterocycles. The topological polar surface area (TPSA) is 35.5 Å². The maximum Gasteiger partial charge on any atom is 0.308 e. The fourth-order valence-electron chi connectivity index (χ4n) is 1.28. The summed E-state index contributed by atoms with van der Waals surface area (Å²) in [5.74, 6) is 0.793. The van der Waals surface area contributed by atoms with E-state index in [1.807, 2.05) is 19.9 Å². The highest BCUT2D eigenvalue weighted by Gasteiger charge is 2.05. The van der Waals surface area contributed by atoms with Gasteiger partial charge in [0.2, 0.25) is 0 Å². The molecule has 0 saturated heterocycles. The first-order chi connectivity index (χ1) is 7.51. The van der Waals surface area contributed by atoms with Gasteiger partial charge in [-0.15, -0.1) is 0 Å². The van der Waals surface area contributed by atoms with E-state index in [1.54, 1.807) is 18.2 Å². The van der Waals surface area contributed by atoms with E-state index in [0.717, 1.165) is 5.56 Å². The maximum absolute atomic E-state index is 10.9. The van der Waals surface area contributed by atoms with Crippen LogP contribution < -0.4 is 9.47 Å². The molecular weight excluding hydrogens is 204 g/mol. The summed E-state index contributed by atoms with van der Waals surface area (Å²) in [5, 5.41) is 0. The van der Waals surface area contributed by atoms with Crippen LogP contribution in [0.25, 0.3) is 6.08 Å². The third-order valence-corrected chi connectivity index (χ3v) is 1.77. The molecule has 0 atom stereocenters. The van der Waals surface area contributed by atoms with E-state index in [0.29, 0.717) is 11.5 Å². The number of ether oxygens (including phenoxy) is 2. The zero-order valence-corrected chi connectivity index (χ0v) is 9.82. The molecule has 0 radical (unpaired) electrons. The summed E-state index contributed by atoms with van der Waals surface area (Å²) < 4.78 is 10.6. The standard InChI is InChI=1S/C13H16O3/c1-5-11-6-12(15-9(2)3)8-13(7-11)16-10(4)14/h5-9H,1H2,2-4H3. The Kier molecular flexibility index (Phi) is 4.11. The Balaban J connectivity index is 3.00. The first kappa shape index (κ1) is 12.3. The number of hydrogen-bond donors (Lipinski definition) is 0. The van der Waals surface area contributed by atoms with Gasteiger partial charge in [-0.2, -0.15) is 0 Å². The van der Waals surface area contributed by atoms with Gasteiger partial charge in [0.05, 0.1) is 6.10 Å². The fourth-order valence-corrected chi connectivity index (χ4v) is 1.28. The summed E-state index contributed by atoms with van der Waals surface area (Å²) in [7, 11) is 0. The predicted octanol–water partition coefficient (Wildman–Crippen LogP) is 3.04. The van der Waals surface area contributed by atoms with E-state index in [1.165, 1.54) is 6.92 Å². The molecule has 1 aromatic carbocycles. The third-order valence-electron chi connectivity index (χ3n) is 1.77. The van der Waals surface area contributed by atoms with Crippen LogP contribution >= 0.6 is 0 Å². The molecule has 0 heterocycles. The summed E-state index contributed by atoms with van der Waals surface area (Å²) in [4.78, 5) is 10.9. The van der Waals surface area contributed by atoms with Crippen molar-refractivity contribution >= 4 is 12.0 Å². The fraction of sp³-hybridized carbons (Fsp3) is 0.308. The van der Waals surface area contributed by atoms with Crippen LogP contribution in [0.2, 0.25) is 0 Å². The Morgan fingerprint density at radius 1 is 1.31 bits per heavy atom. The number of carbonyl (C=O) groups excluding carboxylic acids is 1. The molecule has 86 valence electrons. The quantitative estimate of drug-likeness (QED) is 0.578. The number of carbonyl (C=O) groups is 1. The second kappa shape index (κ2) is 5.35. The van der Waals surface area contributed by atoms with Gasteiger partial charge in [0, 0.05) is 13.0 Å². The average molecular weight is 220 g/mol. The van der Waals surface area contributed by atoms with E-state index in [9.17, 15) is 4.79 Å². The molecule has 0 aliphatic carbocycles. The minimum absolute atomic E-state index is 0.0743. The summed E-state index contributed by atoms with van der Waals surface area (Å²) in [6, 6.07) is 5.27. The van der Waals surface area contributed by atoms with Gasteiger partial charge in [0.25, 0.3) is 0 Å². The van der Waals surface area contributed by atoms with Crippen LogP contribution in [0.4, 0.5) is 0 Å². The van der Waals surface area contributed by atoms with E-state index in [-0.39, 0.29) is 12.1 Å². The second-order valence-corrected chi connectivity index (χ2v) is 3.70. The first-order valence-corrected chi connectivity index (χ1v) is 5.14.